The van der Waals surface area contributed by atoms with E-state index in [1.54, 1.807) is 0 Å². The molecule has 5 rings (SSSR count). The number of rotatable bonds is 7. The predicted octanol–water partition coefficient (Wildman–Crippen LogP) is 4.18. The van der Waals surface area contributed by atoms with Crippen LogP contribution in [0.3, 0.4) is 0 Å². The summed E-state index contributed by atoms with van der Waals surface area (Å²) in [7, 11) is 1.50. The molecular weight excluding hydrogens is 376 g/mol. The number of hydrogen-bond donors (Lipinski definition) is 0. The minimum Gasteiger partial charge on any atom is -0.360 e. The monoisotopic (exact) mass is 400 g/mol. The Kier molecular flexibility index (Phi) is 4.99. The van der Waals surface area contributed by atoms with Crippen molar-refractivity contribution in [1.82, 2.24) is 0 Å². The second-order valence-corrected chi connectivity index (χ2v) is 7.85. The zero-order valence-electron chi connectivity index (χ0n) is 16.8. The third-order valence-electron chi connectivity index (χ3n) is 6.19. The van der Waals surface area contributed by atoms with E-state index >= 15 is 0 Å². The average molecular weight is 400 g/mol. The summed E-state index contributed by atoms with van der Waals surface area (Å²) in [5, 5.41) is 0. The molecule has 4 atom stereocenters. The first kappa shape index (κ1) is 19.2. The Morgan fingerprint density at radius 3 is 1.63 bits per heavy atom. The highest BCUT2D eigenvalue weighted by Crippen LogP contribution is 2.51. The van der Waals surface area contributed by atoms with Gasteiger partial charge in [0.2, 0.25) is 6.29 Å². The highest BCUT2D eigenvalue weighted by molar-refractivity contribution is 5.90. The van der Waals surface area contributed by atoms with E-state index in [0.29, 0.717) is 6.61 Å². The Morgan fingerprint density at radius 2 is 1.27 bits per heavy atom. The van der Waals surface area contributed by atoms with E-state index in [1.807, 2.05) is 54.6 Å². The first-order chi connectivity index (χ1) is 14.8. The standard InChI is InChI=1S/C26H24O4/c1-28-25-23(27)22-21(24(22)30-25)17-29-26(18-11-5-2-6-12-18,19-13-7-3-8-14-19)20-15-9-4-10-16-20/h2-16,21-22,24-25H,17H2,1H3/t21-,22+,24+,25-/m0/s1. The van der Waals surface area contributed by atoms with Crippen LogP contribution in [0.2, 0.25) is 0 Å². The van der Waals surface area contributed by atoms with Gasteiger partial charge in [0.15, 0.2) is 5.78 Å². The topological polar surface area (TPSA) is 44.8 Å². The Labute approximate surface area is 176 Å². The molecule has 0 aromatic heterocycles. The number of fused-ring (bicyclic) bond motifs is 1. The van der Waals surface area contributed by atoms with Gasteiger partial charge in [-0.15, -0.1) is 0 Å². The summed E-state index contributed by atoms with van der Waals surface area (Å²) in [4.78, 5) is 12.4. The normalized spacial score (nSPS) is 25.2. The maximum absolute atomic E-state index is 12.4. The number of carbonyl (C=O) groups excluding carboxylic acids is 1. The molecule has 2 aliphatic rings. The first-order valence-electron chi connectivity index (χ1n) is 10.3. The van der Waals surface area contributed by atoms with Crippen molar-refractivity contribution in [2.45, 2.75) is 18.0 Å². The summed E-state index contributed by atoms with van der Waals surface area (Å²) < 4.78 is 17.6. The molecule has 0 N–H and O–H groups in total. The van der Waals surface area contributed by atoms with E-state index in [0.717, 1.165) is 16.7 Å². The van der Waals surface area contributed by atoms with Gasteiger partial charge in [-0.05, 0) is 16.7 Å². The van der Waals surface area contributed by atoms with Crippen LogP contribution in [0.25, 0.3) is 0 Å². The molecule has 3 aromatic carbocycles. The molecule has 1 heterocycles. The van der Waals surface area contributed by atoms with Crippen LogP contribution in [0.15, 0.2) is 91.0 Å². The Balaban J connectivity index is 1.53. The van der Waals surface area contributed by atoms with Gasteiger partial charge in [-0.25, -0.2) is 0 Å². The Morgan fingerprint density at radius 1 is 0.800 bits per heavy atom. The number of carbonyl (C=O) groups is 1. The van der Waals surface area contributed by atoms with Crippen LogP contribution in [0, 0.1) is 11.8 Å². The molecule has 1 saturated carbocycles. The smallest absolute Gasteiger partial charge is 0.218 e. The van der Waals surface area contributed by atoms with E-state index in [-0.39, 0.29) is 23.7 Å². The molecule has 0 unspecified atom stereocenters. The van der Waals surface area contributed by atoms with Crippen LogP contribution in [0.5, 0.6) is 0 Å². The van der Waals surface area contributed by atoms with Gasteiger partial charge in [0.05, 0.1) is 18.6 Å². The molecule has 3 aromatic rings. The lowest BCUT2D eigenvalue weighted by Gasteiger charge is -2.36. The molecule has 4 heteroatoms. The molecule has 0 amide bonds. The second-order valence-electron chi connectivity index (χ2n) is 7.85. The van der Waals surface area contributed by atoms with Crippen molar-refractivity contribution < 1.29 is 19.0 Å². The van der Waals surface area contributed by atoms with E-state index in [2.05, 4.69) is 36.4 Å². The van der Waals surface area contributed by atoms with Gasteiger partial charge in [0.25, 0.3) is 0 Å². The zero-order valence-corrected chi connectivity index (χ0v) is 16.8. The third kappa shape index (κ3) is 3.08. The molecule has 1 aliphatic heterocycles. The van der Waals surface area contributed by atoms with Crippen LogP contribution < -0.4 is 0 Å². The quantitative estimate of drug-likeness (QED) is 0.558. The number of Topliss-reactive ketones (excluding diaryl/α,β-unsaturated/α-hetero) is 1. The average Bonchev–Trinajstić information content (AvgIpc) is 3.40. The minimum atomic E-state index is -0.773. The molecule has 0 radical (unpaired) electrons. The molecule has 152 valence electrons. The zero-order chi connectivity index (χ0) is 20.6. The fraction of sp³-hybridized carbons (Fsp3) is 0.269. The maximum atomic E-state index is 12.4. The molecule has 2 fully saturated rings. The Hall–Kier alpha value is -2.79. The molecule has 0 spiro atoms. The number of methoxy groups -OCH3 is 1. The van der Waals surface area contributed by atoms with Crippen molar-refractivity contribution in [3.63, 3.8) is 0 Å². The van der Waals surface area contributed by atoms with Gasteiger partial charge in [0.1, 0.15) is 5.60 Å². The SMILES string of the molecule is CO[C@H]1O[C@@H]2[C@@H](COC(c3ccccc3)(c3ccccc3)c3ccccc3)[C@@H]2C1=O. The van der Waals surface area contributed by atoms with Gasteiger partial charge in [0, 0.05) is 13.0 Å². The summed E-state index contributed by atoms with van der Waals surface area (Å²) >= 11 is 0. The summed E-state index contributed by atoms with van der Waals surface area (Å²) in [5.41, 5.74) is 2.38. The lowest BCUT2D eigenvalue weighted by Crippen LogP contribution is -2.34. The lowest BCUT2D eigenvalue weighted by molar-refractivity contribution is -0.157. The van der Waals surface area contributed by atoms with Crippen LogP contribution >= 0.6 is 0 Å². The van der Waals surface area contributed by atoms with Crippen LogP contribution in [0.1, 0.15) is 16.7 Å². The van der Waals surface area contributed by atoms with Gasteiger partial charge in [-0.1, -0.05) is 91.0 Å². The van der Waals surface area contributed by atoms with Gasteiger partial charge in [-0.2, -0.15) is 0 Å². The van der Waals surface area contributed by atoms with Gasteiger partial charge in [-0.3, -0.25) is 4.79 Å². The molecule has 4 nitrogen and oxygen atoms in total. The number of ether oxygens (including phenoxy) is 3. The van der Waals surface area contributed by atoms with Crippen molar-refractivity contribution in [1.29, 1.82) is 0 Å². The largest absolute Gasteiger partial charge is 0.360 e. The molecule has 0 bridgehead atoms. The highest BCUT2D eigenvalue weighted by Gasteiger charge is 2.64. The lowest BCUT2D eigenvalue weighted by atomic mass is 9.80. The molecular formula is C26H24O4. The highest BCUT2D eigenvalue weighted by atomic mass is 16.7. The van der Waals surface area contributed by atoms with Crippen LogP contribution in [0.4, 0.5) is 0 Å². The predicted molar refractivity (Wildman–Crippen MR) is 113 cm³/mol. The third-order valence-corrected chi connectivity index (χ3v) is 6.19. The van der Waals surface area contributed by atoms with E-state index in [4.69, 9.17) is 14.2 Å². The summed E-state index contributed by atoms with van der Waals surface area (Å²) in [5.74, 6) is -0.0461. The van der Waals surface area contributed by atoms with E-state index in [9.17, 15) is 4.79 Å². The van der Waals surface area contributed by atoms with E-state index in [1.165, 1.54) is 7.11 Å². The molecule has 1 saturated heterocycles. The Bertz CT molecular complexity index is 906. The maximum Gasteiger partial charge on any atom is 0.218 e. The first-order valence-corrected chi connectivity index (χ1v) is 10.3. The number of hydrogen-bond acceptors (Lipinski definition) is 4. The number of benzene rings is 3. The fourth-order valence-electron chi connectivity index (χ4n) is 4.63. The van der Waals surface area contributed by atoms with E-state index < -0.39 is 11.9 Å². The second kappa shape index (κ2) is 7.80. The summed E-state index contributed by atoms with van der Waals surface area (Å²) in [6, 6.07) is 30.8. The van der Waals surface area contributed by atoms with Crippen LogP contribution in [-0.4, -0.2) is 31.9 Å². The molecule has 30 heavy (non-hydrogen) atoms. The summed E-state index contributed by atoms with van der Waals surface area (Å²) in [6.45, 7) is 0.427. The van der Waals surface area contributed by atoms with Gasteiger partial charge >= 0.3 is 0 Å². The summed E-state index contributed by atoms with van der Waals surface area (Å²) in [6.07, 6.45) is -0.833. The van der Waals surface area contributed by atoms with Crippen molar-refractivity contribution in [3.05, 3.63) is 108 Å². The fourth-order valence-corrected chi connectivity index (χ4v) is 4.63. The van der Waals surface area contributed by atoms with Crippen molar-refractivity contribution in [3.8, 4) is 0 Å². The van der Waals surface area contributed by atoms with Crippen LogP contribution in [-0.2, 0) is 24.6 Å². The minimum absolute atomic E-state index is 0.0285. The van der Waals surface area contributed by atoms with Crippen molar-refractivity contribution >= 4 is 5.78 Å². The molecule has 1 aliphatic carbocycles. The number of ketones is 1. The van der Waals surface area contributed by atoms with Crippen molar-refractivity contribution in [2.75, 3.05) is 13.7 Å². The van der Waals surface area contributed by atoms with Gasteiger partial charge < -0.3 is 14.2 Å². The van der Waals surface area contributed by atoms with Crippen molar-refractivity contribution in [2.24, 2.45) is 11.8 Å².